The minimum atomic E-state index is -0.0403. The lowest BCUT2D eigenvalue weighted by Gasteiger charge is -2.34. The van der Waals surface area contributed by atoms with Crippen LogP contribution in [0.25, 0.3) is 0 Å². The molecule has 2 fully saturated rings. The van der Waals surface area contributed by atoms with E-state index >= 15 is 0 Å². The fourth-order valence-electron chi connectivity index (χ4n) is 3.40. The van der Waals surface area contributed by atoms with Gasteiger partial charge in [-0.05, 0) is 30.5 Å². The third-order valence-corrected chi connectivity index (χ3v) is 6.02. The van der Waals surface area contributed by atoms with Gasteiger partial charge < -0.3 is 19.7 Å². The lowest BCUT2D eigenvalue weighted by molar-refractivity contribution is 0.0947. The number of piperazine rings is 1. The maximum absolute atomic E-state index is 12.1. The minimum Gasteiger partial charge on any atom is -0.454 e. The maximum atomic E-state index is 12.1. The molecular formula is C19H22N4O3S. The molecule has 0 atom stereocenters. The van der Waals surface area contributed by atoms with Crippen LogP contribution >= 0.6 is 11.3 Å². The predicted molar refractivity (Wildman–Crippen MR) is 103 cm³/mol. The number of rotatable bonds is 5. The minimum absolute atomic E-state index is 0.0403. The zero-order valence-corrected chi connectivity index (χ0v) is 15.8. The molecule has 1 aromatic heterocycles. The molecule has 1 aliphatic carbocycles. The van der Waals surface area contributed by atoms with Crippen molar-refractivity contribution in [2.45, 2.75) is 25.4 Å². The summed E-state index contributed by atoms with van der Waals surface area (Å²) in [7, 11) is 0. The average molecular weight is 386 g/mol. The van der Waals surface area contributed by atoms with Gasteiger partial charge in [-0.1, -0.05) is 6.07 Å². The summed E-state index contributed by atoms with van der Waals surface area (Å²) in [5, 5.41) is 5.81. The number of carbonyl (C=O) groups excluding carboxylic acids is 1. The zero-order chi connectivity index (χ0) is 18.2. The highest BCUT2D eigenvalue weighted by molar-refractivity contribution is 7.13. The molecule has 8 heteroatoms. The van der Waals surface area contributed by atoms with Crippen molar-refractivity contribution in [1.29, 1.82) is 0 Å². The highest BCUT2D eigenvalue weighted by Gasteiger charge is 2.26. The second kappa shape index (κ2) is 7.01. The number of fused-ring (bicyclic) bond motifs is 1. The van der Waals surface area contributed by atoms with Gasteiger partial charge in [0, 0.05) is 44.1 Å². The van der Waals surface area contributed by atoms with Crippen molar-refractivity contribution in [2.75, 3.05) is 37.9 Å². The molecule has 5 rings (SSSR count). The Kier molecular flexibility index (Phi) is 4.37. The number of hydrogen-bond donors (Lipinski definition) is 1. The monoisotopic (exact) mass is 386 g/mol. The molecule has 1 saturated carbocycles. The first-order chi connectivity index (χ1) is 13.2. The Hall–Kier alpha value is -2.32. The second-order valence-corrected chi connectivity index (χ2v) is 8.05. The summed E-state index contributed by atoms with van der Waals surface area (Å²) >= 11 is 1.56. The van der Waals surface area contributed by atoms with Gasteiger partial charge in [0.2, 0.25) is 6.79 Å². The van der Waals surface area contributed by atoms with Crippen molar-refractivity contribution in [3.8, 4) is 11.5 Å². The van der Waals surface area contributed by atoms with E-state index in [1.54, 1.807) is 11.3 Å². The van der Waals surface area contributed by atoms with Gasteiger partial charge >= 0.3 is 0 Å². The second-order valence-electron chi connectivity index (χ2n) is 7.21. The Labute approximate surface area is 161 Å². The first-order valence-corrected chi connectivity index (χ1v) is 10.2. The molecule has 0 unspecified atom stereocenters. The number of hydrogen-bond acceptors (Lipinski definition) is 7. The van der Waals surface area contributed by atoms with Crippen LogP contribution in [0.5, 0.6) is 11.5 Å². The van der Waals surface area contributed by atoms with Crippen LogP contribution in [0.2, 0.25) is 0 Å². The molecule has 1 amide bonds. The number of thiazole rings is 1. The van der Waals surface area contributed by atoms with E-state index in [4.69, 9.17) is 9.47 Å². The van der Waals surface area contributed by atoms with E-state index in [2.05, 4.69) is 32.2 Å². The molecule has 1 N–H and O–H groups in total. The average Bonchev–Trinajstić information content (AvgIpc) is 3.18. The van der Waals surface area contributed by atoms with Crippen molar-refractivity contribution in [1.82, 2.24) is 15.2 Å². The third kappa shape index (κ3) is 3.72. The lowest BCUT2D eigenvalue weighted by atomic mass is 10.1. The van der Waals surface area contributed by atoms with E-state index < -0.39 is 0 Å². The standard InChI is InChI=1S/C19H22N4O3S/c24-18(20-14-2-3-14)15-11-27-19(21-15)23-7-5-22(6-8-23)10-13-1-4-16-17(9-13)26-12-25-16/h1,4,9,11,14H,2-3,5-8,10,12H2,(H,20,24). The number of amides is 1. The van der Waals surface area contributed by atoms with E-state index in [0.29, 0.717) is 18.5 Å². The summed E-state index contributed by atoms with van der Waals surface area (Å²) in [6.45, 7) is 4.99. The molecule has 0 bridgehead atoms. The van der Waals surface area contributed by atoms with Crippen molar-refractivity contribution < 1.29 is 14.3 Å². The van der Waals surface area contributed by atoms with E-state index in [-0.39, 0.29) is 5.91 Å². The topological polar surface area (TPSA) is 66.9 Å². The van der Waals surface area contributed by atoms with Gasteiger partial charge in [-0.25, -0.2) is 4.98 Å². The van der Waals surface area contributed by atoms with Crippen LogP contribution in [-0.4, -0.2) is 54.8 Å². The van der Waals surface area contributed by atoms with Crippen molar-refractivity contribution in [3.05, 3.63) is 34.8 Å². The van der Waals surface area contributed by atoms with Gasteiger partial charge in [-0.2, -0.15) is 0 Å². The Bertz CT molecular complexity index is 843. The maximum Gasteiger partial charge on any atom is 0.271 e. The predicted octanol–water partition coefficient (Wildman–Crippen LogP) is 2.09. The van der Waals surface area contributed by atoms with Crippen LogP contribution in [-0.2, 0) is 6.54 Å². The smallest absolute Gasteiger partial charge is 0.271 e. The summed E-state index contributed by atoms with van der Waals surface area (Å²) < 4.78 is 10.8. The van der Waals surface area contributed by atoms with Crippen molar-refractivity contribution in [2.24, 2.45) is 0 Å². The molecule has 2 aliphatic heterocycles. The van der Waals surface area contributed by atoms with E-state index in [9.17, 15) is 4.79 Å². The quantitative estimate of drug-likeness (QED) is 0.849. The van der Waals surface area contributed by atoms with Gasteiger partial charge in [0.25, 0.3) is 5.91 Å². The van der Waals surface area contributed by atoms with Gasteiger partial charge in [0.05, 0.1) is 0 Å². The summed E-state index contributed by atoms with van der Waals surface area (Å²) in [4.78, 5) is 21.4. The van der Waals surface area contributed by atoms with Crippen molar-refractivity contribution in [3.63, 3.8) is 0 Å². The van der Waals surface area contributed by atoms with Crippen LogP contribution in [0, 0.1) is 0 Å². The van der Waals surface area contributed by atoms with Gasteiger partial charge in [-0.3, -0.25) is 9.69 Å². The summed E-state index contributed by atoms with van der Waals surface area (Å²) in [6, 6.07) is 6.52. The Morgan fingerprint density at radius 1 is 1.19 bits per heavy atom. The molecule has 142 valence electrons. The number of carbonyl (C=O) groups is 1. The molecule has 3 aliphatic rings. The molecular weight excluding hydrogens is 364 g/mol. The molecule has 1 aromatic carbocycles. The molecule has 1 saturated heterocycles. The normalized spacial score (nSPS) is 19.3. The van der Waals surface area contributed by atoms with E-state index in [1.807, 2.05) is 11.4 Å². The fraction of sp³-hybridized carbons (Fsp3) is 0.474. The van der Waals surface area contributed by atoms with Crippen LogP contribution in [0.15, 0.2) is 23.6 Å². The highest BCUT2D eigenvalue weighted by Crippen LogP contribution is 2.33. The van der Waals surface area contributed by atoms with Crippen LogP contribution in [0.1, 0.15) is 28.9 Å². The number of aromatic nitrogens is 1. The van der Waals surface area contributed by atoms with Gasteiger partial charge in [0.15, 0.2) is 16.6 Å². The molecule has 0 spiro atoms. The molecule has 7 nitrogen and oxygen atoms in total. The number of benzene rings is 1. The lowest BCUT2D eigenvalue weighted by Crippen LogP contribution is -2.46. The number of anilines is 1. The summed E-state index contributed by atoms with van der Waals surface area (Å²) in [5.74, 6) is 1.63. The largest absolute Gasteiger partial charge is 0.454 e. The van der Waals surface area contributed by atoms with E-state index in [1.165, 1.54) is 5.56 Å². The van der Waals surface area contributed by atoms with Gasteiger partial charge in [0.1, 0.15) is 5.69 Å². The Balaban J connectivity index is 1.15. The number of nitrogens with one attached hydrogen (secondary N) is 1. The number of ether oxygens (including phenoxy) is 2. The van der Waals surface area contributed by atoms with Crippen LogP contribution < -0.4 is 19.7 Å². The first kappa shape index (κ1) is 16.8. The van der Waals surface area contributed by atoms with Crippen molar-refractivity contribution >= 4 is 22.4 Å². The fourth-order valence-corrected chi connectivity index (χ4v) is 4.26. The summed E-state index contributed by atoms with van der Waals surface area (Å²) in [5.41, 5.74) is 1.78. The van der Waals surface area contributed by atoms with Crippen LogP contribution in [0.4, 0.5) is 5.13 Å². The van der Waals surface area contributed by atoms with E-state index in [0.717, 1.165) is 62.2 Å². The molecule has 3 heterocycles. The highest BCUT2D eigenvalue weighted by atomic mass is 32.1. The summed E-state index contributed by atoms with van der Waals surface area (Å²) in [6.07, 6.45) is 2.18. The van der Waals surface area contributed by atoms with Gasteiger partial charge in [-0.15, -0.1) is 11.3 Å². The molecule has 2 aromatic rings. The third-order valence-electron chi connectivity index (χ3n) is 5.12. The number of nitrogens with zero attached hydrogens (tertiary/aromatic N) is 3. The molecule has 0 radical (unpaired) electrons. The Morgan fingerprint density at radius 2 is 2.00 bits per heavy atom. The zero-order valence-electron chi connectivity index (χ0n) is 15.0. The first-order valence-electron chi connectivity index (χ1n) is 9.37. The molecule has 27 heavy (non-hydrogen) atoms. The van der Waals surface area contributed by atoms with Crippen LogP contribution in [0.3, 0.4) is 0 Å². The SMILES string of the molecule is O=C(NC1CC1)c1csc(N2CCN(Cc3ccc4c(c3)OCO4)CC2)n1. The Morgan fingerprint density at radius 3 is 2.81 bits per heavy atom.